The van der Waals surface area contributed by atoms with E-state index < -0.39 is 25.3 Å². The molecule has 0 spiro atoms. The molecule has 0 heterocycles. The van der Waals surface area contributed by atoms with E-state index in [0.29, 0.717) is 5.54 Å². The minimum absolute atomic E-state index is 0.187. The average molecular weight is 390 g/mol. The van der Waals surface area contributed by atoms with Gasteiger partial charge in [-0.1, -0.05) is 61.7 Å². The molecule has 0 saturated carbocycles. The van der Waals surface area contributed by atoms with Crippen LogP contribution in [0.4, 0.5) is 0 Å². The molecule has 1 aromatic rings. The van der Waals surface area contributed by atoms with E-state index >= 15 is 0 Å². The molecule has 1 aliphatic rings. The Hall–Kier alpha value is 0.171. The van der Waals surface area contributed by atoms with Gasteiger partial charge in [-0.15, -0.1) is 0 Å². The van der Waals surface area contributed by atoms with Crippen molar-refractivity contribution in [1.82, 2.24) is 4.98 Å². The standard InChI is InChI=1S/C17H25NSi.2ClH.Ti/c1-17(2,3)18-19(4,5)16-12-11-15(13-16)14-9-7-6-8-10-14;;;/h6-13,16,18H,1-5H3;2*1H;/q;;;+2/p-2. The summed E-state index contributed by atoms with van der Waals surface area (Å²) in [5.41, 5.74) is 3.44. The second-order valence-electron chi connectivity index (χ2n) is 7.04. The number of hydrogen-bond acceptors (Lipinski definition) is 1. The van der Waals surface area contributed by atoms with E-state index in [1.54, 1.807) is 0 Å². The first-order valence-corrected chi connectivity index (χ1v) is 14.8. The molecule has 1 N–H and O–H groups in total. The van der Waals surface area contributed by atoms with Crippen molar-refractivity contribution in [1.29, 1.82) is 0 Å². The number of allylic oxidation sites excluding steroid dienone is 4. The summed E-state index contributed by atoms with van der Waals surface area (Å²) in [6, 6.07) is 10.6. The molecule has 120 valence electrons. The van der Waals surface area contributed by atoms with Crippen molar-refractivity contribution in [2.75, 3.05) is 0 Å². The summed E-state index contributed by atoms with van der Waals surface area (Å²) >= 11 is -0.556. The zero-order valence-electron chi connectivity index (χ0n) is 14.0. The third-order valence-corrected chi connectivity index (χ3v) is 6.90. The van der Waals surface area contributed by atoms with Gasteiger partial charge in [-0.25, -0.2) is 0 Å². The number of halogens is 2. The van der Waals surface area contributed by atoms with Crippen LogP contribution in [0.5, 0.6) is 0 Å². The van der Waals surface area contributed by atoms with Crippen LogP contribution in [0.2, 0.25) is 18.6 Å². The van der Waals surface area contributed by atoms with E-state index in [1.807, 2.05) is 0 Å². The van der Waals surface area contributed by atoms with E-state index in [-0.39, 0.29) is 5.54 Å². The van der Waals surface area contributed by atoms with Crippen LogP contribution in [0.25, 0.3) is 5.57 Å². The Kier molecular flexibility index (Phi) is 8.15. The van der Waals surface area contributed by atoms with E-state index in [1.165, 1.54) is 11.1 Å². The molecule has 0 bridgehead atoms. The van der Waals surface area contributed by atoms with Crippen LogP contribution in [-0.4, -0.2) is 13.8 Å². The first-order chi connectivity index (χ1) is 10.2. The number of benzene rings is 1. The molecule has 22 heavy (non-hydrogen) atoms. The molecule has 1 aliphatic carbocycles. The molecule has 0 amide bonds. The first-order valence-electron chi connectivity index (χ1n) is 7.40. The minimum atomic E-state index is -1.49. The van der Waals surface area contributed by atoms with Crippen molar-refractivity contribution in [2.24, 2.45) is 0 Å². The van der Waals surface area contributed by atoms with Crippen LogP contribution in [0.1, 0.15) is 26.3 Å². The molecule has 5 heteroatoms. The predicted molar refractivity (Wildman–Crippen MR) is 99.4 cm³/mol. The third-order valence-electron chi connectivity index (χ3n) is 3.48. The normalized spacial score (nSPS) is 17.6. The summed E-state index contributed by atoms with van der Waals surface area (Å²) in [4.78, 5) is 3.85. The Labute approximate surface area is 152 Å². The van der Waals surface area contributed by atoms with Gasteiger partial charge in [0.1, 0.15) is 8.24 Å². The summed E-state index contributed by atoms with van der Waals surface area (Å²) in [5.74, 6) is 0. The van der Waals surface area contributed by atoms with Crippen molar-refractivity contribution in [3.63, 3.8) is 0 Å². The number of hydrogen-bond donors (Lipinski definition) is 1. The van der Waals surface area contributed by atoms with Crippen molar-refractivity contribution in [2.45, 2.75) is 44.9 Å². The van der Waals surface area contributed by atoms with Crippen molar-refractivity contribution >= 4 is 32.4 Å². The summed E-state index contributed by atoms with van der Waals surface area (Å²) in [6.07, 6.45) is 7.08. The second-order valence-corrected chi connectivity index (χ2v) is 14.0. The topological polar surface area (TPSA) is 12.0 Å². The number of rotatable bonds is 3. The third kappa shape index (κ3) is 6.74. The predicted octanol–water partition coefficient (Wildman–Crippen LogP) is 5.98. The molecule has 1 unspecified atom stereocenters. The van der Waals surface area contributed by atoms with Gasteiger partial charge < -0.3 is 4.98 Å². The summed E-state index contributed by atoms with van der Waals surface area (Å²) in [5, 5.41) is 0. The Morgan fingerprint density at radius 2 is 1.64 bits per heavy atom. The van der Waals surface area contributed by atoms with Gasteiger partial charge in [0, 0.05) is 11.1 Å². The first kappa shape index (κ1) is 20.2. The maximum atomic E-state index is 4.89. The molecule has 1 atom stereocenters. The SMILES string of the molecule is CC(C)(C)N[Si](C)(C)C1C=CC(c2ccccc2)=C1.[Cl][Ti][Cl]. The van der Waals surface area contributed by atoms with Gasteiger partial charge >= 0.3 is 35.6 Å². The molecule has 1 nitrogen and oxygen atoms in total. The molecule has 0 radical (unpaired) electrons. The van der Waals surface area contributed by atoms with Gasteiger partial charge in [-0.2, -0.15) is 0 Å². The van der Waals surface area contributed by atoms with Crippen LogP contribution >= 0.6 is 18.6 Å². The van der Waals surface area contributed by atoms with Gasteiger partial charge in [0.25, 0.3) is 0 Å². The molecular weight excluding hydrogens is 365 g/mol. The second kappa shape index (κ2) is 8.87. The fourth-order valence-electron chi connectivity index (χ4n) is 2.83. The van der Waals surface area contributed by atoms with Crippen LogP contribution in [-0.2, 0) is 17.0 Å². The molecule has 2 rings (SSSR count). The van der Waals surface area contributed by atoms with Crippen LogP contribution in [0.3, 0.4) is 0 Å². The van der Waals surface area contributed by atoms with Gasteiger partial charge in [0.2, 0.25) is 0 Å². The average Bonchev–Trinajstić information content (AvgIpc) is 2.88. The zero-order valence-corrected chi connectivity index (χ0v) is 18.0. The van der Waals surface area contributed by atoms with Crippen molar-refractivity contribution < 1.29 is 17.0 Å². The molecule has 0 saturated heterocycles. The van der Waals surface area contributed by atoms with Crippen LogP contribution in [0.15, 0.2) is 48.6 Å². The Morgan fingerprint density at radius 1 is 1.09 bits per heavy atom. The van der Waals surface area contributed by atoms with Gasteiger partial charge in [0.05, 0.1) is 0 Å². The van der Waals surface area contributed by atoms with Gasteiger partial charge in [-0.3, -0.25) is 0 Å². The quantitative estimate of drug-likeness (QED) is 0.626. The van der Waals surface area contributed by atoms with E-state index in [9.17, 15) is 0 Å². The molecule has 0 fully saturated rings. The Balaban J connectivity index is 0.000000745. The Morgan fingerprint density at radius 3 is 2.14 bits per heavy atom. The van der Waals surface area contributed by atoms with Gasteiger partial charge in [0.15, 0.2) is 0 Å². The van der Waals surface area contributed by atoms with Crippen LogP contribution < -0.4 is 4.98 Å². The summed E-state index contributed by atoms with van der Waals surface area (Å²) in [6.45, 7) is 11.6. The fourth-order valence-corrected chi connectivity index (χ4v) is 6.11. The maximum absolute atomic E-state index is 4.89. The molecule has 0 aromatic heterocycles. The molecule has 1 aromatic carbocycles. The van der Waals surface area contributed by atoms with Crippen molar-refractivity contribution in [3.05, 3.63) is 54.1 Å². The zero-order chi connectivity index (χ0) is 16.8. The monoisotopic (exact) mass is 389 g/mol. The summed E-state index contributed by atoms with van der Waals surface area (Å²) in [7, 11) is 8.28. The summed E-state index contributed by atoms with van der Waals surface area (Å²) < 4.78 is 0. The fraction of sp³-hybridized carbons (Fsp3) is 0.412. The van der Waals surface area contributed by atoms with E-state index in [0.717, 1.165) is 0 Å². The van der Waals surface area contributed by atoms with E-state index in [4.69, 9.17) is 18.6 Å². The van der Waals surface area contributed by atoms with E-state index in [2.05, 4.69) is 87.4 Å². The van der Waals surface area contributed by atoms with Gasteiger partial charge in [-0.05, 0) is 31.9 Å². The Bertz CT molecular complexity index is 521. The number of nitrogens with one attached hydrogen (secondary N) is 1. The molecule has 0 aliphatic heterocycles. The van der Waals surface area contributed by atoms with Crippen LogP contribution in [0, 0.1) is 0 Å². The molecular formula is C17H25Cl2NSiTi. The van der Waals surface area contributed by atoms with Crippen molar-refractivity contribution in [3.8, 4) is 0 Å².